The zero-order valence-corrected chi connectivity index (χ0v) is 29.1. The molecule has 6 heterocycles. The van der Waals surface area contributed by atoms with Crippen LogP contribution >= 0.6 is 0 Å². The number of fused-ring (bicyclic) bond motifs is 3. The van der Waals surface area contributed by atoms with Gasteiger partial charge in [-0.25, -0.2) is 18.7 Å². The summed E-state index contributed by atoms with van der Waals surface area (Å²) in [7, 11) is 0. The fraction of sp³-hybridized carbons (Fsp3) is 0.462. The molecular weight excluding hydrogens is 650 g/mol. The quantitative estimate of drug-likeness (QED) is 0.204. The van der Waals surface area contributed by atoms with Gasteiger partial charge >= 0.3 is 0 Å². The van der Waals surface area contributed by atoms with E-state index in [0.29, 0.717) is 50.0 Å². The molecule has 0 radical (unpaired) electrons. The topological polar surface area (TPSA) is 99.5 Å². The number of nitrogens with one attached hydrogen (secondary N) is 1. The van der Waals surface area contributed by atoms with Crippen LogP contribution in [0.25, 0.3) is 22.3 Å². The van der Waals surface area contributed by atoms with Gasteiger partial charge in [0.05, 0.1) is 40.7 Å². The van der Waals surface area contributed by atoms with Crippen LogP contribution in [0.2, 0.25) is 0 Å². The third-order valence-electron chi connectivity index (χ3n) is 11.6. The first-order valence-corrected chi connectivity index (χ1v) is 18.3. The highest BCUT2D eigenvalue weighted by molar-refractivity contribution is 6.09. The molecule has 266 valence electrons. The first-order chi connectivity index (χ1) is 24.8. The van der Waals surface area contributed by atoms with Gasteiger partial charge in [0, 0.05) is 62.0 Å². The molecule has 51 heavy (non-hydrogen) atoms. The van der Waals surface area contributed by atoms with Gasteiger partial charge in [-0.1, -0.05) is 25.1 Å². The van der Waals surface area contributed by atoms with Gasteiger partial charge in [0.25, 0.3) is 0 Å². The summed E-state index contributed by atoms with van der Waals surface area (Å²) < 4.78 is 30.1. The number of amides is 2. The fourth-order valence-corrected chi connectivity index (χ4v) is 8.66. The number of anilines is 3. The Morgan fingerprint density at radius 1 is 1.04 bits per heavy atom. The minimum absolute atomic E-state index is 0.0197. The fourth-order valence-electron chi connectivity index (χ4n) is 8.66. The molecule has 3 fully saturated rings. The predicted molar refractivity (Wildman–Crippen MR) is 193 cm³/mol. The van der Waals surface area contributed by atoms with Crippen molar-refractivity contribution in [1.29, 1.82) is 0 Å². The standard InChI is InChI=1S/C39H44F2N8O2/c1-3-46-24-43-33-22-32(45-37(36(33)46)44-31-11-14-42-23-30(31)41)26-8-9-29-34(19-26)49(28-20-27(21-28)47-15-5-4-6-16-47)38(51)39(29)12-17-48(18-13-39)35(50)10-7-25(2)40/h8-9,11,14,19,22-24,27-28H,2-7,10,12-13,15-18,20-21H2,1H3,(H,42,44,45)/t27-,28+. The second-order valence-corrected chi connectivity index (χ2v) is 14.5. The Balaban J connectivity index is 1.15. The summed E-state index contributed by atoms with van der Waals surface area (Å²) in [4.78, 5) is 47.7. The van der Waals surface area contributed by atoms with Crippen LogP contribution in [0.4, 0.5) is 26.0 Å². The van der Waals surface area contributed by atoms with E-state index >= 15 is 0 Å². The van der Waals surface area contributed by atoms with E-state index in [1.165, 1.54) is 31.7 Å². The lowest BCUT2D eigenvalue weighted by atomic mass is 9.73. The van der Waals surface area contributed by atoms with Gasteiger partial charge in [0.2, 0.25) is 11.8 Å². The maximum Gasteiger partial charge on any atom is 0.238 e. The van der Waals surface area contributed by atoms with Gasteiger partial charge in [-0.3, -0.25) is 14.6 Å². The molecule has 12 heteroatoms. The molecular formula is C39H44F2N8O2. The van der Waals surface area contributed by atoms with Crippen LogP contribution in [0.5, 0.6) is 0 Å². The number of likely N-dealkylation sites (tertiary alicyclic amines) is 2. The molecule has 0 unspecified atom stereocenters. The van der Waals surface area contributed by atoms with Gasteiger partial charge < -0.3 is 24.6 Å². The Morgan fingerprint density at radius 3 is 2.55 bits per heavy atom. The molecule has 1 spiro atoms. The highest BCUT2D eigenvalue weighted by Crippen LogP contribution is 2.52. The smallest absolute Gasteiger partial charge is 0.238 e. The van der Waals surface area contributed by atoms with Crippen LogP contribution in [-0.4, -0.2) is 79.4 Å². The van der Waals surface area contributed by atoms with Crippen molar-refractivity contribution in [3.8, 4) is 11.3 Å². The zero-order chi connectivity index (χ0) is 35.3. The second-order valence-electron chi connectivity index (χ2n) is 14.5. The van der Waals surface area contributed by atoms with Crippen molar-refractivity contribution in [3.05, 3.63) is 72.8 Å². The molecule has 1 aliphatic carbocycles. The molecule has 8 rings (SSSR count). The number of hydrogen-bond donors (Lipinski definition) is 1. The van der Waals surface area contributed by atoms with Crippen LogP contribution in [0.3, 0.4) is 0 Å². The number of aromatic nitrogens is 4. The van der Waals surface area contributed by atoms with Crippen LogP contribution in [0.1, 0.15) is 70.3 Å². The van der Waals surface area contributed by atoms with Crippen molar-refractivity contribution in [1.82, 2.24) is 29.3 Å². The van der Waals surface area contributed by atoms with E-state index in [-0.39, 0.29) is 36.4 Å². The first kappa shape index (κ1) is 33.4. The molecule has 3 aliphatic heterocycles. The summed E-state index contributed by atoms with van der Waals surface area (Å²) >= 11 is 0. The minimum Gasteiger partial charge on any atom is -0.343 e. The molecule has 10 nitrogen and oxygen atoms in total. The first-order valence-electron chi connectivity index (χ1n) is 18.3. The number of rotatable bonds is 9. The number of nitrogens with zero attached hydrogens (tertiary/aromatic N) is 7. The summed E-state index contributed by atoms with van der Waals surface area (Å²) in [5, 5.41) is 3.19. The SMILES string of the molecule is C=C(F)CCC(=O)N1CCC2(CC1)C(=O)N([C@H]1C[C@@H](N3CCCCC3)C1)c1cc(-c3cc4ncn(CC)c4c(Nc4ccncc4F)n3)ccc12. The van der Waals surface area contributed by atoms with Gasteiger partial charge in [-0.15, -0.1) is 0 Å². The van der Waals surface area contributed by atoms with Crippen molar-refractivity contribution < 1.29 is 18.4 Å². The van der Waals surface area contributed by atoms with Crippen LogP contribution in [-0.2, 0) is 21.5 Å². The number of carbonyl (C=O) groups excluding carboxylic acids is 2. The van der Waals surface area contributed by atoms with Gasteiger partial charge in [-0.05, 0) is 82.3 Å². The summed E-state index contributed by atoms with van der Waals surface area (Å²) in [6.07, 6.45) is 11.2. The summed E-state index contributed by atoms with van der Waals surface area (Å²) in [6.45, 7) is 9.11. The van der Waals surface area contributed by atoms with E-state index in [1.807, 2.05) is 23.6 Å². The van der Waals surface area contributed by atoms with Crippen molar-refractivity contribution in [2.75, 3.05) is 36.4 Å². The average molecular weight is 695 g/mol. The molecule has 1 saturated carbocycles. The molecule has 1 aromatic carbocycles. The number of carbonyl (C=O) groups is 2. The van der Waals surface area contributed by atoms with Crippen molar-refractivity contribution in [3.63, 3.8) is 0 Å². The monoisotopic (exact) mass is 694 g/mol. The van der Waals surface area contributed by atoms with Crippen molar-refractivity contribution in [2.24, 2.45) is 0 Å². The van der Waals surface area contributed by atoms with Crippen molar-refractivity contribution >= 4 is 40.0 Å². The number of benzene rings is 1. The number of pyridine rings is 2. The number of piperidine rings is 2. The van der Waals surface area contributed by atoms with Crippen molar-refractivity contribution in [2.45, 2.75) is 88.8 Å². The molecule has 1 N–H and O–H groups in total. The van der Waals surface area contributed by atoms with E-state index in [0.717, 1.165) is 53.8 Å². The lowest BCUT2D eigenvalue weighted by Gasteiger charge is -2.48. The molecule has 2 amide bonds. The number of hydrogen-bond acceptors (Lipinski definition) is 7. The molecule has 4 aliphatic rings. The maximum absolute atomic E-state index is 14.8. The second kappa shape index (κ2) is 13.4. The Bertz CT molecular complexity index is 1990. The lowest BCUT2D eigenvalue weighted by Crippen LogP contribution is -2.58. The van der Waals surface area contributed by atoms with Crippen LogP contribution in [0.15, 0.2) is 61.5 Å². The number of imidazole rings is 1. The third kappa shape index (κ3) is 5.96. The molecule has 0 bridgehead atoms. The van der Waals surface area contributed by atoms with Gasteiger partial charge in [0.15, 0.2) is 11.6 Å². The normalized spacial score (nSPS) is 21.6. The minimum atomic E-state index is -0.729. The van der Waals surface area contributed by atoms with E-state index in [9.17, 15) is 18.4 Å². The highest BCUT2D eigenvalue weighted by Gasteiger charge is 2.55. The lowest BCUT2D eigenvalue weighted by molar-refractivity contribution is -0.135. The van der Waals surface area contributed by atoms with E-state index < -0.39 is 17.1 Å². The number of halogens is 2. The summed E-state index contributed by atoms with van der Waals surface area (Å²) in [5.74, 6) is -0.490. The van der Waals surface area contributed by atoms with Crippen LogP contribution < -0.4 is 10.2 Å². The molecule has 3 aromatic heterocycles. The molecule has 2 saturated heterocycles. The Hall–Kier alpha value is -4.71. The van der Waals surface area contributed by atoms with Gasteiger partial charge in [0.1, 0.15) is 5.52 Å². The zero-order valence-electron chi connectivity index (χ0n) is 29.1. The number of aryl methyl sites for hydroxylation is 1. The van der Waals surface area contributed by atoms with Gasteiger partial charge in [-0.2, -0.15) is 0 Å². The Morgan fingerprint density at radius 2 is 1.82 bits per heavy atom. The molecule has 0 atom stereocenters. The van der Waals surface area contributed by atoms with Crippen LogP contribution in [0, 0.1) is 5.82 Å². The Kier molecular flexibility index (Phi) is 8.81. The van der Waals surface area contributed by atoms with E-state index in [4.69, 9.17) is 4.98 Å². The molecule has 4 aromatic rings. The Labute approximate surface area is 296 Å². The third-order valence-corrected chi connectivity index (χ3v) is 11.6. The van der Waals surface area contributed by atoms with E-state index in [1.54, 1.807) is 17.3 Å². The maximum atomic E-state index is 14.8. The largest absolute Gasteiger partial charge is 0.343 e. The summed E-state index contributed by atoms with van der Waals surface area (Å²) in [6, 6.07) is 10.3. The van der Waals surface area contributed by atoms with E-state index in [2.05, 4.69) is 43.8 Å². The average Bonchev–Trinajstić information content (AvgIpc) is 3.65. The number of allylic oxidation sites excluding steroid dienone is 1. The predicted octanol–water partition coefficient (Wildman–Crippen LogP) is 6.88. The summed E-state index contributed by atoms with van der Waals surface area (Å²) in [5.41, 5.74) is 4.42. The highest BCUT2D eigenvalue weighted by atomic mass is 19.1.